The van der Waals surface area contributed by atoms with Crippen molar-refractivity contribution in [1.82, 2.24) is 9.97 Å². The van der Waals surface area contributed by atoms with Crippen molar-refractivity contribution in [2.45, 2.75) is 12.2 Å². The van der Waals surface area contributed by atoms with Crippen molar-refractivity contribution in [2.24, 2.45) is 0 Å². The van der Waals surface area contributed by atoms with E-state index in [9.17, 15) is 4.79 Å². The first-order valence-electron chi connectivity index (χ1n) is 5.34. The zero-order valence-electron chi connectivity index (χ0n) is 9.01. The first-order chi connectivity index (χ1) is 8.19. The number of nitrogens with zero attached hydrogens (tertiary/aromatic N) is 2. The van der Waals surface area contributed by atoms with Crippen molar-refractivity contribution in [3.63, 3.8) is 0 Å². The summed E-state index contributed by atoms with van der Waals surface area (Å²) in [7, 11) is 0. The molecule has 92 valence electrons. The maximum absolute atomic E-state index is 11.6. The first-order valence-corrected chi connectivity index (χ1v) is 5.34. The molecule has 0 aliphatic carbocycles. The van der Waals surface area contributed by atoms with Gasteiger partial charge in [0.15, 0.2) is 5.82 Å². The molecule has 2 atom stereocenters. The van der Waals surface area contributed by atoms with Gasteiger partial charge in [0.2, 0.25) is 5.95 Å². The summed E-state index contributed by atoms with van der Waals surface area (Å²) >= 11 is 0. The Morgan fingerprint density at radius 1 is 1.59 bits per heavy atom. The number of nitrogens with two attached hydrogens (primary N) is 1. The van der Waals surface area contributed by atoms with E-state index < -0.39 is 0 Å². The fourth-order valence-electron chi connectivity index (χ4n) is 1.98. The van der Waals surface area contributed by atoms with Gasteiger partial charge in [-0.05, 0) is 0 Å². The second kappa shape index (κ2) is 3.60. The molecule has 2 unspecified atom stereocenters. The third-order valence-electron chi connectivity index (χ3n) is 2.93. The molecule has 3 rings (SSSR count). The highest BCUT2D eigenvalue weighted by Crippen LogP contribution is 2.29. The van der Waals surface area contributed by atoms with Crippen LogP contribution in [0.3, 0.4) is 0 Å². The van der Waals surface area contributed by atoms with E-state index in [1.807, 2.05) is 4.90 Å². The number of anilines is 3. The number of aromatic nitrogens is 2. The van der Waals surface area contributed by atoms with Gasteiger partial charge in [0, 0.05) is 0 Å². The van der Waals surface area contributed by atoms with Crippen LogP contribution >= 0.6 is 0 Å². The van der Waals surface area contributed by atoms with E-state index in [-0.39, 0.29) is 30.3 Å². The van der Waals surface area contributed by atoms with Crippen LogP contribution in [0.5, 0.6) is 0 Å². The van der Waals surface area contributed by atoms with Crippen LogP contribution in [0.1, 0.15) is 0 Å². The minimum Gasteiger partial charge on any atom is -0.394 e. The summed E-state index contributed by atoms with van der Waals surface area (Å²) in [5, 5.41) is 11.8. The van der Waals surface area contributed by atoms with Crippen LogP contribution in [0.2, 0.25) is 0 Å². The van der Waals surface area contributed by atoms with E-state index in [0.717, 1.165) is 0 Å². The van der Waals surface area contributed by atoms with Crippen LogP contribution in [0.15, 0.2) is 4.79 Å². The molecule has 8 nitrogen and oxygen atoms in total. The minimum atomic E-state index is -0.273. The summed E-state index contributed by atoms with van der Waals surface area (Å²) in [4.78, 5) is 20.0. The fraction of sp³-hybridized carbons (Fsp3) is 0.556. The predicted octanol–water partition coefficient (Wildman–Crippen LogP) is -1.70. The molecule has 0 spiro atoms. The van der Waals surface area contributed by atoms with Gasteiger partial charge in [-0.25, -0.2) is 0 Å². The number of rotatable bonds is 3. The molecule has 1 saturated heterocycles. The molecule has 0 saturated carbocycles. The lowest BCUT2D eigenvalue weighted by Gasteiger charge is -2.15. The van der Waals surface area contributed by atoms with Gasteiger partial charge in [-0.1, -0.05) is 0 Å². The predicted molar refractivity (Wildman–Crippen MR) is 60.9 cm³/mol. The van der Waals surface area contributed by atoms with Crippen molar-refractivity contribution < 1.29 is 9.84 Å². The average Bonchev–Trinajstić information content (AvgIpc) is 2.92. The van der Waals surface area contributed by atoms with Gasteiger partial charge in [0.1, 0.15) is 17.9 Å². The molecule has 8 heteroatoms. The molecule has 3 heterocycles. The van der Waals surface area contributed by atoms with Crippen LogP contribution in [0.4, 0.5) is 17.5 Å². The molecular weight excluding hydrogens is 226 g/mol. The number of hydrogen-bond acceptors (Lipinski definition) is 7. The monoisotopic (exact) mass is 239 g/mol. The summed E-state index contributed by atoms with van der Waals surface area (Å²) in [5.41, 5.74) is 5.66. The number of H-pyrrole nitrogens is 1. The summed E-state index contributed by atoms with van der Waals surface area (Å²) in [6, 6.07) is 0. The molecule has 0 amide bonds. The summed E-state index contributed by atoms with van der Waals surface area (Å²) in [5.74, 6) is 0.635. The van der Waals surface area contributed by atoms with Crippen molar-refractivity contribution in [3.8, 4) is 0 Å². The van der Waals surface area contributed by atoms with Gasteiger partial charge >= 0.3 is 0 Å². The van der Waals surface area contributed by atoms with Gasteiger partial charge in [-0.15, -0.1) is 0 Å². The van der Waals surface area contributed by atoms with Crippen molar-refractivity contribution in [1.29, 1.82) is 0 Å². The Kier molecular flexibility index (Phi) is 2.20. The number of nitrogen functional groups attached to an aromatic ring is 1. The Balaban J connectivity index is 1.81. The smallest absolute Gasteiger partial charge is 0.277 e. The SMILES string of the molecule is Nc1nc2c(c(=O)[nH]1)NCN2CC1OC1CO. The molecule has 0 bridgehead atoms. The zero-order valence-corrected chi connectivity index (χ0v) is 9.01. The Labute approximate surface area is 96.4 Å². The van der Waals surface area contributed by atoms with E-state index in [2.05, 4.69) is 15.3 Å². The Bertz CT molecular complexity index is 502. The summed E-state index contributed by atoms with van der Waals surface area (Å²) in [6.07, 6.45) is -0.103. The lowest BCUT2D eigenvalue weighted by atomic mass is 10.3. The molecule has 17 heavy (non-hydrogen) atoms. The summed E-state index contributed by atoms with van der Waals surface area (Å²) < 4.78 is 5.24. The number of fused-ring (bicyclic) bond motifs is 1. The largest absolute Gasteiger partial charge is 0.394 e. The quantitative estimate of drug-likeness (QED) is 0.464. The normalized spacial score (nSPS) is 25.6. The van der Waals surface area contributed by atoms with E-state index >= 15 is 0 Å². The Hall–Kier alpha value is -1.80. The van der Waals surface area contributed by atoms with Crippen molar-refractivity contribution in [2.75, 3.05) is 35.8 Å². The van der Waals surface area contributed by atoms with E-state index in [1.54, 1.807) is 0 Å². The molecule has 1 aromatic rings. The second-order valence-electron chi connectivity index (χ2n) is 4.10. The number of aliphatic hydroxyl groups excluding tert-OH is 1. The maximum atomic E-state index is 11.6. The third-order valence-corrected chi connectivity index (χ3v) is 2.93. The van der Waals surface area contributed by atoms with Gasteiger partial charge in [0.25, 0.3) is 5.56 Å². The molecular formula is C9H13N5O3. The molecule has 0 radical (unpaired) electrons. The van der Waals surface area contributed by atoms with E-state index in [0.29, 0.717) is 24.7 Å². The third kappa shape index (κ3) is 1.71. The van der Waals surface area contributed by atoms with Crippen molar-refractivity contribution >= 4 is 17.5 Å². The topological polar surface area (TPSA) is 120 Å². The Morgan fingerprint density at radius 2 is 2.41 bits per heavy atom. The molecule has 2 aliphatic heterocycles. The van der Waals surface area contributed by atoms with Gasteiger partial charge in [-0.2, -0.15) is 4.98 Å². The van der Waals surface area contributed by atoms with Crippen LogP contribution in [0.25, 0.3) is 0 Å². The van der Waals surface area contributed by atoms with Gasteiger partial charge in [-0.3, -0.25) is 9.78 Å². The fourth-order valence-corrected chi connectivity index (χ4v) is 1.98. The molecule has 0 aromatic carbocycles. The highest BCUT2D eigenvalue weighted by Gasteiger charge is 2.41. The number of aliphatic hydroxyl groups is 1. The van der Waals surface area contributed by atoms with Gasteiger partial charge < -0.3 is 25.8 Å². The molecule has 1 aromatic heterocycles. The van der Waals surface area contributed by atoms with E-state index in [4.69, 9.17) is 15.6 Å². The van der Waals surface area contributed by atoms with Crippen LogP contribution in [0, 0.1) is 0 Å². The molecule has 2 aliphatic rings. The van der Waals surface area contributed by atoms with Gasteiger partial charge in [0.05, 0.1) is 19.8 Å². The van der Waals surface area contributed by atoms with E-state index in [1.165, 1.54) is 0 Å². The zero-order chi connectivity index (χ0) is 12.0. The lowest BCUT2D eigenvalue weighted by molar-refractivity contribution is 0.242. The van der Waals surface area contributed by atoms with Crippen LogP contribution in [-0.2, 0) is 4.74 Å². The first kappa shape index (κ1) is 10.4. The second-order valence-corrected chi connectivity index (χ2v) is 4.10. The minimum absolute atomic E-state index is 0.00457. The highest BCUT2D eigenvalue weighted by molar-refractivity contribution is 5.70. The molecule has 5 N–H and O–H groups in total. The van der Waals surface area contributed by atoms with Crippen molar-refractivity contribution in [3.05, 3.63) is 10.4 Å². The maximum Gasteiger partial charge on any atom is 0.277 e. The standard InChI is InChI=1S/C9H13N5O3/c10-9-12-7-6(8(16)13-9)11-3-14(7)1-4-5(2-15)17-4/h4-5,11,15H,1-3H2,(H3,10,12,13,16). The number of epoxide rings is 1. The average molecular weight is 239 g/mol. The highest BCUT2D eigenvalue weighted by atomic mass is 16.6. The van der Waals surface area contributed by atoms with Crippen LogP contribution < -0.4 is 21.5 Å². The number of nitrogens with one attached hydrogen (secondary N) is 2. The Morgan fingerprint density at radius 3 is 3.12 bits per heavy atom. The molecule has 1 fully saturated rings. The number of aromatic amines is 1. The van der Waals surface area contributed by atoms with Crippen LogP contribution in [-0.4, -0.2) is 47.1 Å². The number of ether oxygens (including phenoxy) is 1. The summed E-state index contributed by atoms with van der Waals surface area (Å²) in [6.45, 7) is 1.09. The number of hydrogen-bond donors (Lipinski definition) is 4. The lowest BCUT2D eigenvalue weighted by Crippen LogP contribution is -2.29.